The second-order valence-corrected chi connectivity index (χ2v) is 3.86. The van der Waals surface area contributed by atoms with Crippen LogP contribution in [0, 0.1) is 11.8 Å². The lowest BCUT2D eigenvalue weighted by Gasteiger charge is -1.95. The highest BCUT2D eigenvalue weighted by molar-refractivity contribution is 9.10. The molecule has 0 bridgehead atoms. The molecule has 1 rings (SSSR count). The van der Waals surface area contributed by atoms with Gasteiger partial charge in [-0.15, -0.1) is 0 Å². The minimum atomic E-state index is -0.435. The lowest BCUT2D eigenvalue weighted by Crippen LogP contribution is -2.08. The zero-order valence-corrected chi connectivity index (χ0v) is 9.52. The smallest absolute Gasteiger partial charge is 0.229 e. The van der Waals surface area contributed by atoms with Crippen molar-refractivity contribution in [2.45, 2.75) is 6.42 Å². The molecule has 0 unspecified atom stereocenters. The molecule has 0 aliphatic rings. The van der Waals surface area contributed by atoms with Crippen molar-refractivity contribution in [3.05, 3.63) is 33.3 Å². The topological polar surface area (TPSA) is 43.1 Å². The van der Waals surface area contributed by atoms with Gasteiger partial charge in [0.2, 0.25) is 5.91 Å². The molecule has 0 fully saturated rings. The van der Waals surface area contributed by atoms with Crippen molar-refractivity contribution in [2.75, 3.05) is 0 Å². The fraction of sp³-hybridized carbons (Fsp3) is 0.100. The van der Waals surface area contributed by atoms with Crippen LogP contribution in [-0.2, 0) is 4.79 Å². The summed E-state index contributed by atoms with van der Waals surface area (Å²) < 4.78 is 0.846. The number of primary amides is 1. The first-order chi connectivity index (χ1) is 6.59. The van der Waals surface area contributed by atoms with Gasteiger partial charge in [0.1, 0.15) is 0 Å². The monoisotopic (exact) mass is 271 g/mol. The zero-order valence-electron chi connectivity index (χ0n) is 7.18. The minimum absolute atomic E-state index is 0.0545. The number of rotatable bonds is 1. The molecule has 4 heteroatoms. The Morgan fingerprint density at radius 2 is 2.29 bits per heavy atom. The van der Waals surface area contributed by atoms with E-state index in [-0.39, 0.29) is 6.42 Å². The van der Waals surface area contributed by atoms with Crippen LogP contribution >= 0.6 is 27.5 Å². The van der Waals surface area contributed by atoms with Gasteiger partial charge in [0.25, 0.3) is 0 Å². The van der Waals surface area contributed by atoms with Crippen molar-refractivity contribution >= 4 is 33.4 Å². The van der Waals surface area contributed by atoms with E-state index in [0.29, 0.717) is 5.02 Å². The fourth-order valence-corrected chi connectivity index (χ4v) is 1.34. The lowest BCUT2D eigenvalue weighted by molar-refractivity contribution is -0.117. The molecule has 0 heterocycles. The van der Waals surface area contributed by atoms with Crippen LogP contribution in [0.3, 0.4) is 0 Å². The first-order valence-electron chi connectivity index (χ1n) is 3.82. The summed E-state index contributed by atoms with van der Waals surface area (Å²) in [5, 5.41) is 0.608. The first kappa shape index (κ1) is 11.1. The van der Waals surface area contributed by atoms with E-state index in [2.05, 4.69) is 27.8 Å². The summed E-state index contributed by atoms with van der Waals surface area (Å²) in [7, 11) is 0. The zero-order chi connectivity index (χ0) is 10.6. The molecule has 14 heavy (non-hydrogen) atoms. The fourth-order valence-electron chi connectivity index (χ4n) is 0.820. The van der Waals surface area contributed by atoms with E-state index in [1.807, 2.05) is 0 Å². The molecule has 0 aromatic heterocycles. The molecule has 2 N–H and O–H groups in total. The van der Waals surface area contributed by atoms with Crippen LogP contribution in [0.2, 0.25) is 5.02 Å². The molecule has 0 atom stereocenters. The van der Waals surface area contributed by atoms with Crippen molar-refractivity contribution < 1.29 is 4.79 Å². The predicted molar refractivity (Wildman–Crippen MR) is 59.8 cm³/mol. The van der Waals surface area contributed by atoms with E-state index >= 15 is 0 Å². The van der Waals surface area contributed by atoms with Gasteiger partial charge in [-0.05, 0) is 34.1 Å². The molecule has 2 nitrogen and oxygen atoms in total. The third kappa shape index (κ3) is 3.41. The van der Waals surface area contributed by atoms with Crippen LogP contribution in [0.15, 0.2) is 22.7 Å². The predicted octanol–water partition coefficient (Wildman–Crippen LogP) is 2.33. The molecule has 0 saturated carbocycles. The van der Waals surface area contributed by atoms with Crippen LogP contribution in [-0.4, -0.2) is 5.91 Å². The number of halogens is 2. The van der Waals surface area contributed by atoms with Crippen LogP contribution in [0.5, 0.6) is 0 Å². The number of hydrogen-bond donors (Lipinski definition) is 1. The van der Waals surface area contributed by atoms with E-state index in [1.165, 1.54) is 0 Å². The Balaban J connectivity index is 2.88. The minimum Gasteiger partial charge on any atom is -0.369 e. The van der Waals surface area contributed by atoms with Gasteiger partial charge < -0.3 is 5.73 Å². The maximum Gasteiger partial charge on any atom is 0.229 e. The Bertz CT molecular complexity index is 420. The third-order valence-electron chi connectivity index (χ3n) is 1.41. The van der Waals surface area contributed by atoms with Crippen LogP contribution < -0.4 is 5.73 Å². The van der Waals surface area contributed by atoms with Gasteiger partial charge in [0, 0.05) is 15.1 Å². The van der Waals surface area contributed by atoms with Crippen molar-refractivity contribution in [1.82, 2.24) is 0 Å². The Kier molecular flexibility index (Phi) is 3.99. The molecule has 1 aromatic rings. The van der Waals surface area contributed by atoms with Crippen molar-refractivity contribution in [1.29, 1.82) is 0 Å². The van der Waals surface area contributed by atoms with E-state index in [9.17, 15) is 4.79 Å². The van der Waals surface area contributed by atoms with Gasteiger partial charge >= 0.3 is 0 Å². The lowest BCUT2D eigenvalue weighted by atomic mass is 10.2. The Labute approximate surface area is 95.6 Å². The molecule has 0 radical (unpaired) electrons. The summed E-state index contributed by atoms with van der Waals surface area (Å²) in [6.07, 6.45) is 0.0545. The molecule has 0 aliphatic carbocycles. The maximum atomic E-state index is 10.4. The highest BCUT2D eigenvalue weighted by Gasteiger charge is 1.96. The van der Waals surface area contributed by atoms with Crippen molar-refractivity contribution in [2.24, 2.45) is 5.73 Å². The highest BCUT2D eigenvalue weighted by atomic mass is 79.9. The number of hydrogen-bond acceptors (Lipinski definition) is 1. The second kappa shape index (κ2) is 5.04. The summed E-state index contributed by atoms with van der Waals surface area (Å²) in [6, 6.07) is 5.28. The molecule has 0 saturated heterocycles. The van der Waals surface area contributed by atoms with Gasteiger partial charge in [-0.3, -0.25) is 4.79 Å². The third-order valence-corrected chi connectivity index (χ3v) is 2.34. The molecule has 1 aromatic carbocycles. The Morgan fingerprint density at radius 1 is 1.57 bits per heavy atom. The Morgan fingerprint density at radius 3 is 2.93 bits per heavy atom. The van der Waals surface area contributed by atoms with Gasteiger partial charge in [0.15, 0.2) is 0 Å². The molecule has 0 aliphatic heterocycles. The van der Waals surface area contributed by atoms with Crippen LogP contribution in [0.25, 0.3) is 0 Å². The molecule has 1 amide bonds. The number of carbonyl (C=O) groups is 1. The average Bonchev–Trinajstić information content (AvgIpc) is 2.10. The summed E-state index contributed by atoms with van der Waals surface area (Å²) in [5.41, 5.74) is 5.69. The molecular formula is C10H7BrClNO. The molecular weight excluding hydrogens is 265 g/mol. The summed E-state index contributed by atoms with van der Waals surface area (Å²) >= 11 is 9.10. The standard InChI is InChI=1S/C10H7BrClNO/c11-9-5-4-8(12)6-7(9)2-1-3-10(13)14/h4-6H,3H2,(H2,13,14). The summed E-state index contributed by atoms with van der Waals surface area (Å²) in [6.45, 7) is 0. The van der Waals surface area contributed by atoms with Gasteiger partial charge in [0.05, 0.1) is 6.42 Å². The van der Waals surface area contributed by atoms with Gasteiger partial charge in [-0.25, -0.2) is 0 Å². The quantitative estimate of drug-likeness (QED) is 0.784. The highest BCUT2D eigenvalue weighted by Crippen LogP contribution is 2.19. The largest absolute Gasteiger partial charge is 0.369 e. The maximum absolute atomic E-state index is 10.4. The van der Waals surface area contributed by atoms with E-state index in [0.717, 1.165) is 10.0 Å². The SMILES string of the molecule is NC(=O)CC#Cc1cc(Cl)ccc1Br. The normalized spacial score (nSPS) is 9.00. The van der Waals surface area contributed by atoms with E-state index in [1.54, 1.807) is 18.2 Å². The van der Waals surface area contributed by atoms with Crippen LogP contribution in [0.1, 0.15) is 12.0 Å². The summed E-state index contributed by atoms with van der Waals surface area (Å²) in [4.78, 5) is 10.4. The number of amides is 1. The number of nitrogens with two attached hydrogens (primary N) is 1. The Hall–Kier alpha value is -0.980. The molecule has 72 valence electrons. The first-order valence-corrected chi connectivity index (χ1v) is 4.99. The second-order valence-electron chi connectivity index (χ2n) is 2.57. The summed E-state index contributed by atoms with van der Waals surface area (Å²) in [5.74, 6) is 5.02. The number of carbonyl (C=O) groups excluding carboxylic acids is 1. The van der Waals surface area contributed by atoms with Crippen molar-refractivity contribution in [3.63, 3.8) is 0 Å². The molecule has 0 spiro atoms. The average molecular weight is 273 g/mol. The van der Waals surface area contributed by atoms with Crippen molar-refractivity contribution in [3.8, 4) is 11.8 Å². The van der Waals surface area contributed by atoms with Crippen LogP contribution in [0.4, 0.5) is 0 Å². The number of benzene rings is 1. The van der Waals surface area contributed by atoms with Gasteiger partial charge in [-0.1, -0.05) is 23.4 Å². The van der Waals surface area contributed by atoms with E-state index < -0.39 is 5.91 Å². The van der Waals surface area contributed by atoms with E-state index in [4.69, 9.17) is 17.3 Å². The van der Waals surface area contributed by atoms with Gasteiger partial charge in [-0.2, -0.15) is 0 Å².